The first kappa shape index (κ1) is 24.3. The van der Waals surface area contributed by atoms with E-state index in [4.69, 9.17) is 9.47 Å². The number of thiophene rings is 1. The summed E-state index contributed by atoms with van der Waals surface area (Å²) >= 11 is 1.47. The predicted octanol–water partition coefficient (Wildman–Crippen LogP) is 5.05. The molecule has 0 saturated heterocycles. The van der Waals surface area contributed by atoms with Gasteiger partial charge in [-0.2, -0.15) is 0 Å². The van der Waals surface area contributed by atoms with Crippen molar-refractivity contribution in [1.82, 2.24) is 10.2 Å². The lowest BCUT2D eigenvalue weighted by atomic mass is 10.1. The monoisotopic (exact) mass is 426 g/mol. The molecule has 5 nitrogen and oxygen atoms in total. The lowest BCUT2D eigenvalue weighted by molar-refractivity contribution is 0.0458. The molecular weight excluding hydrogens is 396 g/mol. The molecule has 2 rings (SSSR count). The van der Waals surface area contributed by atoms with Gasteiger partial charge in [0.25, 0.3) is 5.91 Å². The minimum absolute atomic E-state index is 0. The summed E-state index contributed by atoms with van der Waals surface area (Å²) in [5, 5.41) is 2.92. The number of amides is 1. The number of rotatable bonds is 9. The van der Waals surface area contributed by atoms with Crippen molar-refractivity contribution in [3.63, 3.8) is 0 Å². The van der Waals surface area contributed by atoms with Gasteiger partial charge >= 0.3 is 0 Å². The second-order valence-electron chi connectivity index (χ2n) is 6.60. The van der Waals surface area contributed by atoms with Crippen LogP contribution >= 0.6 is 23.7 Å². The first-order chi connectivity index (χ1) is 12.9. The molecule has 0 bridgehead atoms. The zero-order chi connectivity index (χ0) is 20.0. The van der Waals surface area contributed by atoms with Gasteiger partial charge < -0.3 is 14.8 Å². The Morgan fingerprint density at radius 3 is 2.36 bits per heavy atom. The molecule has 0 aliphatic carbocycles. The number of hydrogen-bond acceptors (Lipinski definition) is 5. The molecule has 1 amide bonds. The molecule has 0 spiro atoms. The van der Waals surface area contributed by atoms with Crippen LogP contribution < -0.4 is 14.8 Å². The highest BCUT2D eigenvalue weighted by molar-refractivity contribution is 7.17. The van der Waals surface area contributed by atoms with Crippen LogP contribution in [-0.2, 0) is 0 Å². The van der Waals surface area contributed by atoms with E-state index in [-0.39, 0.29) is 30.6 Å². The Kier molecular flexibility index (Phi) is 9.79. The Balaban J connectivity index is 0.00000392. The van der Waals surface area contributed by atoms with Gasteiger partial charge in [0, 0.05) is 10.9 Å². The number of ether oxygens (including phenoxy) is 2. The van der Waals surface area contributed by atoms with Crippen LogP contribution in [0.3, 0.4) is 0 Å². The number of methoxy groups -OCH3 is 1. The molecule has 0 aliphatic heterocycles. The van der Waals surface area contributed by atoms with E-state index in [9.17, 15) is 4.79 Å². The maximum absolute atomic E-state index is 12.2. The van der Waals surface area contributed by atoms with Gasteiger partial charge in [-0.25, -0.2) is 0 Å². The molecule has 1 heterocycles. The number of halogens is 1. The summed E-state index contributed by atoms with van der Waals surface area (Å²) in [4.78, 5) is 16.1. The normalized spacial score (nSPS) is 11.9. The van der Waals surface area contributed by atoms with Crippen LogP contribution in [0.1, 0.15) is 44.3 Å². The SMILES string of the molecule is CCN(CC)C(C)Oc1ccc(-c2ccc(C(=O)NC(C)C)s2)cc1OC.Cl. The third-order valence-electron chi connectivity index (χ3n) is 4.32. The van der Waals surface area contributed by atoms with Crippen molar-refractivity contribution in [3.8, 4) is 21.9 Å². The van der Waals surface area contributed by atoms with Crippen LogP contribution in [-0.4, -0.2) is 43.3 Å². The fourth-order valence-corrected chi connectivity index (χ4v) is 3.77. The molecule has 0 saturated carbocycles. The molecule has 1 aromatic carbocycles. The van der Waals surface area contributed by atoms with E-state index in [0.29, 0.717) is 10.6 Å². The molecule has 0 radical (unpaired) electrons. The van der Waals surface area contributed by atoms with Gasteiger partial charge in [-0.1, -0.05) is 13.8 Å². The molecule has 28 heavy (non-hydrogen) atoms. The summed E-state index contributed by atoms with van der Waals surface area (Å²) in [7, 11) is 1.64. The zero-order valence-corrected chi connectivity index (χ0v) is 19.1. The second-order valence-corrected chi connectivity index (χ2v) is 7.68. The van der Waals surface area contributed by atoms with Crippen molar-refractivity contribution in [2.75, 3.05) is 20.2 Å². The number of benzene rings is 1. The smallest absolute Gasteiger partial charge is 0.261 e. The van der Waals surface area contributed by atoms with Crippen molar-refractivity contribution in [2.24, 2.45) is 0 Å². The van der Waals surface area contributed by atoms with Gasteiger partial charge in [0.1, 0.15) is 6.23 Å². The highest BCUT2D eigenvalue weighted by atomic mass is 35.5. The van der Waals surface area contributed by atoms with Gasteiger partial charge in [0.2, 0.25) is 0 Å². The number of nitrogens with zero attached hydrogens (tertiary/aromatic N) is 1. The first-order valence-electron chi connectivity index (χ1n) is 9.39. The predicted molar refractivity (Wildman–Crippen MR) is 119 cm³/mol. The summed E-state index contributed by atoms with van der Waals surface area (Å²) < 4.78 is 11.6. The largest absolute Gasteiger partial charge is 0.493 e. The van der Waals surface area contributed by atoms with Gasteiger partial charge in [0.05, 0.1) is 12.0 Å². The molecule has 1 atom stereocenters. The Labute approximate surface area is 178 Å². The van der Waals surface area contributed by atoms with Gasteiger partial charge in [-0.05, 0) is 69.8 Å². The molecule has 2 aromatic rings. The van der Waals surface area contributed by atoms with E-state index >= 15 is 0 Å². The van der Waals surface area contributed by atoms with Gasteiger partial charge in [-0.15, -0.1) is 23.7 Å². The second kappa shape index (κ2) is 11.3. The summed E-state index contributed by atoms with van der Waals surface area (Å²) in [5.74, 6) is 1.37. The maximum atomic E-state index is 12.2. The van der Waals surface area contributed by atoms with Crippen LogP contribution in [0.15, 0.2) is 30.3 Å². The minimum atomic E-state index is -0.0405. The molecule has 0 fully saturated rings. The number of nitrogens with one attached hydrogen (secondary N) is 1. The molecule has 0 aliphatic rings. The number of carbonyl (C=O) groups excluding carboxylic acids is 1. The molecule has 1 unspecified atom stereocenters. The van der Waals surface area contributed by atoms with Crippen molar-refractivity contribution in [3.05, 3.63) is 35.2 Å². The van der Waals surface area contributed by atoms with Crippen molar-refractivity contribution < 1.29 is 14.3 Å². The average Bonchev–Trinajstić information content (AvgIpc) is 3.13. The Morgan fingerprint density at radius 2 is 1.79 bits per heavy atom. The van der Waals surface area contributed by atoms with Crippen LogP contribution in [0, 0.1) is 0 Å². The van der Waals surface area contributed by atoms with E-state index in [0.717, 1.165) is 29.3 Å². The van der Waals surface area contributed by atoms with E-state index in [1.165, 1.54) is 11.3 Å². The van der Waals surface area contributed by atoms with Crippen molar-refractivity contribution >= 4 is 29.7 Å². The topological polar surface area (TPSA) is 50.8 Å². The summed E-state index contributed by atoms with van der Waals surface area (Å²) in [6.07, 6.45) is -0.0344. The Bertz CT molecular complexity index is 760. The number of carbonyl (C=O) groups is 1. The molecule has 1 N–H and O–H groups in total. The Morgan fingerprint density at radius 1 is 1.11 bits per heavy atom. The summed E-state index contributed by atoms with van der Waals surface area (Å²) in [6, 6.07) is 9.84. The average molecular weight is 427 g/mol. The fourth-order valence-electron chi connectivity index (χ4n) is 2.86. The quantitative estimate of drug-likeness (QED) is 0.570. The Hall–Kier alpha value is -1.76. The van der Waals surface area contributed by atoms with E-state index in [1.807, 2.05) is 51.1 Å². The minimum Gasteiger partial charge on any atom is -0.493 e. The fraction of sp³-hybridized carbons (Fsp3) is 0.476. The number of hydrogen-bond donors (Lipinski definition) is 1. The van der Waals surface area contributed by atoms with E-state index < -0.39 is 0 Å². The maximum Gasteiger partial charge on any atom is 0.261 e. The highest BCUT2D eigenvalue weighted by Crippen LogP contribution is 2.36. The lowest BCUT2D eigenvalue weighted by Gasteiger charge is -2.27. The molecular formula is C21H31ClN2O3S. The highest BCUT2D eigenvalue weighted by Gasteiger charge is 2.16. The standard InChI is InChI=1S/C21H30N2O3S.ClH/c1-7-23(8-2)15(5)26-17-10-9-16(13-18(17)25-6)19-11-12-20(27-19)21(24)22-14(3)4;/h9-15H,7-8H2,1-6H3,(H,22,24);1H. The molecule has 7 heteroatoms. The van der Waals surface area contributed by atoms with Gasteiger partial charge in [-0.3, -0.25) is 9.69 Å². The first-order valence-corrected chi connectivity index (χ1v) is 10.2. The summed E-state index contributed by atoms with van der Waals surface area (Å²) in [5.41, 5.74) is 1.00. The zero-order valence-electron chi connectivity index (χ0n) is 17.4. The van der Waals surface area contributed by atoms with Crippen molar-refractivity contribution in [2.45, 2.75) is 46.9 Å². The van der Waals surface area contributed by atoms with Crippen LogP contribution in [0.25, 0.3) is 10.4 Å². The summed E-state index contributed by atoms with van der Waals surface area (Å²) in [6.45, 7) is 12.0. The van der Waals surface area contributed by atoms with Crippen LogP contribution in [0.2, 0.25) is 0 Å². The van der Waals surface area contributed by atoms with E-state index in [2.05, 4.69) is 24.1 Å². The molecule has 1 aromatic heterocycles. The third-order valence-corrected chi connectivity index (χ3v) is 5.45. The van der Waals surface area contributed by atoms with Crippen LogP contribution in [0.4, 0.5) is 0 Å². The molecule has 156 valence electrons. The lowest BCUT2D eigenvalue weighted by Crippen LogP contribution is -2.36. The van der Waals surface area contributed by atoms with Gasteiger partial charge in [0.15, 0.2) is 11.5 Å². The van der Waals surface area contributed by atoms with Crippen LogP contribution in [0.5, 0.6) is 11.5 Å². The third kappa shape index (κ3) is 6.12. The van der Waals surface area contributed by atoms with Crippen molar-refractivity contribution in [1.29, 1.82) is 0 Å². The van der Waals surface area contributed by atoms with E-state index in [1.54, 1.807) is 7.11 Å².